The Balaban J connectivity index is 2.37. The monoisotopic (exact) mass is 507 g/mol. The molecule has 0 spiro atoms. The molecule has 1 aromatic rings. The minimum Gasteiger partial charge on any atom is -0.494 e. The summed E-state index contributed by atoms with van der Waals surface area (Å²) < 4.78 is 1.58. The lowest BCUT2D eigenvalue weighted by Crippen LogP contribution is -2.24. The molecule has 102 valence electrons. The lowest BCUT2D eigenvalue weighted by molar-refractivity contribution is 0.366. The van der Waals surface area contributed by atoms with Crippen LogP contribution in [0.15, 0.2) is 0 Å². The average Bonchev–Trinajstić information content (AvgIpc) is 2.55. The van der Waals surface area contributed by atoms with Crippen molar-refractivity contribution < 1.29 is 10.2 Å². The van der Waals surface area contributed by atoms with Crippen LogP contribution >= 0.6 is 63.7 Å². The highest BCUT2D eigenvalue weighted by Gasteiger charge is 2.32. The van der Waals surface area contributed by atoms with Crippen LogP contribution in [0.5, 0.6) is 11.8 Å². The Morgan fingerprint density at radius 2 is 1.56 bits per heavy atom. The summed E-state index contributed by atoms with van der Waals surface area (Å²) in [5.74, 6) is 0.383. The largest absolute Gasteiger partial charge is 0.494 e. The maximum atomic E-state index is 10.2. The SMILES string of the molecule is Oc1c2c(c(O)n1CC(Br)CBr)CC(Br)C(Br)C2. The van der Waals surface area contributed by atoms with E-state index in [1.807, 2.05) is 0 Å². The topological polar surface area (TPSA) is 45.4 Å². The molecular formula is C11H13Br4NO2. The molecule has 1 aliphatic carbocycles. The van der Waals surface area contributed by atoms with Gasteiger partial charge < -0.3 is 10.2 Å². The molecule has 18 heavy (non-hydrogen) atoms. The van der Waals surface area contributed by atoms with Gasteiger partial charge in [0.05, 0.1) is 0 Å². The van der Waals surface area contributed by atoms with Gasteiger partial charge in [-0.25, -0.2) is 0 Å². The van der Waals surface area contributed by atoms with Crippen molar-refractivity contribution in [1.82, 2.24) is 4.57 Å². The highest BCUT2D eigenvalue weighted by Crippen LogP contribution is 2.42. The number of halogens is 4. The molecule has 2 rings (SSSR count). The van der Waals surface area contributed by atoms with Crippen LogP contribution in [0.25, 0.3) is 0 Å². The molecule has 1 aromatic heterocycles. The summed E-state index contributed by atoms with van der Waals surface area (Å²) in [6, 6.07) is 0. The van der Waals surface area contributed by atoms with Crippen molar-refractivity contribution in [3.63, 3.8) is 0 Å². The zero-order valence-corrected chi connectivity index (χ0v) is 15.8. The van der Waals surface area contributed by atoms with Crippen molar-refractivity contribution in [3.05, 3.63) is 11.1 Å². The van der Waals surface area contributed by atoms with Crippen molar-refractivity contribution >= 4 is 63.7 Å². The number of nitrogens with zero attached hydrogens (tertiary/aromatic N) is 1. The minimum absolute atomic E-state index is 0.169. The molecule has 7 heteroatoms. The highest BCUT2D eigenvalue weighted by molar-refractivity contribution is 9.12. The van der Waals surface area contributed by atoms with Gasteiger partial charge in [-0.1, -0.05) is 63.7 Å². The predicted molar refractivity (Wildman–Crippen MR) is 87.1 cm³/mol. The maximum absolute atomic E-state index is 10.2. The summed E-state index contributed by atoms with van der Waals surface area (Å²) in [6.07, 6.45) is 1.44. The van der Waals surface area contributed by atoms with Crippen molar-refractivity contribution in [2.24, 2.45) is 0 Å². The Labute approximate surface area is 139 Å². The van der Waals surface area contributed by atoms with Gasteiger partial charge in [-0.2, -0.15) is 0 Å². The van der Waals surface area contributed by atoms with Gasteiger partial charge in [0.2, 0.25) is 0 Å². The van der Waals surface area contributed by atoms with E-state index in [2.05, 4.69) is 63.7 Å². The first-order valence-corrected chi connectivity index (χ1v) is 9.42. The summed E-state index contributed by atoms with van der Waals surface area (Å²) in [5.41, 5.74) is 1.72. The summed E-state index contributed by atoms with van der Waals surface area (Å²) >= 11 is 14.0. The fourth-order valence-electron chi connectivity index (χ4n) is 2.19. The lowest BCUT2D eigenvalue weighted by Gasteiger charge is -2.22. The summed E-state index contributed by atoms with van der Waals surface area (Å²) in [4.78, 5) is 0.729. The first kappa shape index (κ1) is 15.2. The van der Waals surface area contributed by atoms with E-state index < -0.39 is 0 Å². The molecule has 1 aliphatic rings. The van der Waals surface area contributed by atoms with Crippen LogP contribution in [0.3, 0.4) is 0 Å². The van der Waals surface area contributed by atoms with Crippen LogP contribution in [0.4, 0.5) is 0 Å². The molecule has 0 aliphatic heterocycles. The molecule has 1 heterocycles. The molecule has 3 atom stereocenters. The third kappa shape index (κ3) is 2.79. The van der Waals surface area contributed by atoms with Gasteiger partial charge in [-0.15, -0.1) is 0 Å². The predicted octanol–water partition coefficient (Wildman–Crippen LogP) is 3.68. The first-order chi connectivity index (χ1) is 8.45. The van der Waals surface area contributed by atoms with Crippen LogP contribution in [-0.2, 0) is 19.4 Å². The normalized spacial score (nSPS) is 24.9. The Morgan fingerprint density at radius 3 is 1.94 bits per heavy atom. The number of aromatic nitrogens is 1. The summed E-state index contributed by atoms with van der Waals surface area (Å²) in [5, 5.41) is 21.2. The zero-order valence-electron chi connectivity index (χ0n) is 9.41. The van der Waals surface area contributed by atoms with E-state index >= 15 is 0 Å². The van der Waals surface area contributed by atoms with E-state index in [0.717, 1.165) is 29.3 Å². The van der Waals surface area contributed by atoms with Gasteiger partial charge in [0, 0.05) is 37.5 Å². The van der Waals surface area contributed by atoms with Crippen LogP contribution < -0.4 is 0 Å². The molecule has 0 bridgehead atoms. The second kappa shape index (κ2) is 6.06. The van der Waals surface area contributed by atoms with E-state index in [1.54, 1.807) is 4.57 Å². The number of aromatic hydroxyl groups is 2. The lowest BCUT2D eigenvalue weighted by atomic mass is 9.95. The fourth-order valence-corrected chi connectivity index (χ4v) is 3.71. The van der Waals surface area contributed by atoms with Crippen LogP contribution in [0.2, 0.25) is 0 Å². The average molecular weight is 511 g/mol. The molecule has 0 saturated carbocycles. The van der Waals surface area contributed by atoms with Gasteiger partial charge in [0.1, 0.15) is 0 Å². The van der Waals surface area contributed by atoms with E-state index in [9.17, 15) is 10.2 Å². The summed E-state index contributed by atoms with van der Waals surface area (Å²) in [6.45, 7) is 0.538. The quantitative estimate of drug-likeness (QED) is 0.610. The number of hydrogen-bond donors (Lipinski definition) is 2. The van der Waals surface area contributed by atoms with Crippen LogP contribution in [0, 0.1) is 0 Å². The smallest absolute Gasteiger partial charge is 0.197 e. The van der Waals surface area contributed by atoms with Gasteiger partial charge in [-0.3, -0.25) is 4.57 Å². The summed E-state index contributed by atoms with van der Waals surface area (Å²) in [7, 11) is 0. The zero-order chi connectivity index (χ0) is 13.4. The molecule has 0 saturated heterocycles. The van der Waals surface area contributed by atoms with Crippen molar-refractivity contribution in [1.29, 1.82) is 0 Å². The highest BCUT2D eigenvalue weighted by atomic mass is 79.9. The van der Waals surface area contributed by atoms with Gasteiger partial charge in [-0.05, 0) is 12.8 Å². The van der Waals surface area contributed by atoms with Gasteiger partial charge in [0.25, 0.3) is 0 Å². The molecule has 0 fully saturated rings. The molecule has 3 unspecified atom stereocenters. The van der Waals surface area contributed by atoms with Crippen molar-refractivity contribution in [2.45, 2.75) is 33.9 Å². The van der Waals surface area contributed by atoms with E-state index in [4.69, 9.17) is 0 Å². The van der Waals surface area contributed by atoms with Crippen molar-refractivity contribution in [3.8, 4) is 11.8 Å². The first-order valence-electron chi connectivity index (χ1n) is 5.56. The second-order valence-corrected chi connectivity index (χ2v) is 8.70. The third-order valence-corrected chi connectivity index (χ3v) is 8.05. The second-order valence-electron chi connectivity index (χ2n) is 4.41. The Hall–Kier alpha value is 0.800. The van der Waals surface area contributed by atoms with Crippen molar-refractivity contribution in [2.75, 3.05) is 5.33 Å². The number of fused-ring (bicyclic) bond motifs is 1. The fraction of sp³-hybridized carbons (Fsp3) is 0.636. The number of rotatable bonds is 3. The van der Waals surface area contributed by atoms with Crippen LogP contribution in [-0.4, -0.2) is 34.6 Å². The van der Waals surface area contributed by atoms with Gasteiger partial charge >= 0.3 is 0 Å². The maximum Gasteiger partial charge on any atom is 0.197 e. The molecule has 0 aromatic carbocycles. The molecule has 0 amide bonds. The molecular weight excluding hydrogens is 498 g/mol. The Morgan fingerprint density at radius 1 is 1.11 bits per heavy atom. The van der Waals surface area contributed by atoms with E-state index in [0.29, 0.717) is 6.54 Å². The molecule has 3 nitrogen and oxygen atoms in total. The van der Waals surface area contributed by atoms with E-state index in [1.165, 1.54) is 0 Å². The van der Waals surface area contributed by atoms with Crippen LogP contribution in [0.1, 0.15) is 11.1 Å². The standard InChI is InChI=1S/C11H13Br4NO2/c12-3-5(13)4-16-10(17)6-1-8(14)9(15)2-7(6)11(16)18/h5,8-9,17-18H,1-4H2. The van der Waals surface area contributed by atoms with Gasteiger partial charge in [0.15, 0.2) is 11.8 Å². The Kier molecular flexibility index (Phi) is 5.11. The number of alkyl halides is 4. The molecule has 0 radical (unpaired) electrons. The van der Waals surface area contributed by atoms with E-state index in [-0.39, 0.29) is 26.2 Å². The Bertz CT molecular complexity index is 415. The molecule has 2 N–H and O–H groups in total. The minimum atomic E-state index is 0.169. The third-order valence-electron chi connectivity index (χ3n) is 3.15. The number of hydrogen-bond acceptors (Lipinski definition) is 2.